The van der Waals surface area contributed by atoms with E-state index in [1.54, 1.807) is 0 Å². The van der Waals surface area contributed by atoms with Crippen LogP contribution >= 0.6 is 0 Å². The molecule has 0 aromatic rings. The zero-order valence-electron chi connectivity index (χ0n) is 8.78. The van der Waals surface area contributed by atoms with Crippen LogP contribution < -0.4 is 5.32 Å². The summed E-state index contributed by atoms with van der Waals surface area (Å²) in [6.45, 7) is 7.98. The zero-order chi connectivity index (χ0) is 10.3. The molecule has 1 atom stereocenters. The van der Waals surface area contributed by atoms with Gasteiger partial charge in [0.15, 0.2) is 5.67 Å². The van der Waals surface area contributed by atoms with E-state index in [0.29, 0.717) is 12.8 Å². The first-order chi connectivity index (χ1) is 5.76. The average Bonchev–Trinajstić information content (AvgIpc) is 2.67. The first-order valence-electron chi connectivity index (χ1n) is 4.75. The van der Waals surface area contributed by atoms with Gasteiger partial charge in [-0.2, -0.15) is 0 Å². The van der Waals surface area contributed by atoms with E-state index in [0.717, 1.165) is 0 Å². The number of rotatable bonds is 2. The molecule has 76 valence electrons. The predicted molar refractivity (Wildman–Crippen MR) is 50.1 cm³/mol. The van der Waals surface area contributed by atoms with Gasteiger partial charge >= 0.3 is 0 Å². The minimum atomic E-state index is -1.54. The van der Waals surface area contributed by atoms with Crippen molar-refractivity contribution in [2.75, 3.05) is 0 Å². The van der Waals surface area contributed by atoms with Crippen molar-refractivity contribution in [1.82, 2.24) is 5.32 Å². The normalized spacial score (nSPS) is 22.2. The summed E-state index contributed by atoms with van der Waals surface area (Å²) in [6.07, 6.45) is 0.769. The molecular formula is C10H18FNO. The fourth-order valence-electron chi connectivity index (χ4n) is 0.879. The Morgan fingerprint density at radius 1 is 1.46 bits per heavy atom. The molecule has 1 rings (SSSR count). The van der Waals surface area contributed by atoms with Crippen molar-refractivity contribution in [2.24, 2.45) is 5.41 Å². The van der Waals surface area contributed by atoms with Crippen molar-refractivity contribution < 1.29 is 9.18 Å². The van der Waals surface area contributed by atoms with E-state index >= 15 is 0 Å². The number of hydrogen-bond donors (Lipinski definition) is 1. The summed E-state index contributed by atoms with van der Waals surface area (Å²) in [6, 6.07) is 0.00762. The van der Waals surface area contributed by atoms with Crippen LogP contribution in [0.4, 0.5) is 4.39 Å². The van der Waals surface area contributed by atoms with Crippen molar-refractivity contribution in [2.45, 2.75) is 52.2 Å². The highest BCUT2D eigenvalue weighted by molar-refractivity contribution is 5.88. The number of carbonyl (C=O) groups is 1. The summed E-state index contributed by atoms with van der Waals surface area (Å²) in [5.74, 6) is -0.435. The summed E-state index contributed by atoms with van der Waals surface area (Å²) in [4.78, 5) is 11.3. The fraction of sp³-hybridized carbons (Fsp3) is 0.900. The van der Waals surface area contributed by atoms with Gasteiger partial charge in [0.2, 0.25) is 0 Å². The van der Waals surface area contributed by atoms with Crippen LogP contribution in [0.3, 0.4) is 0 Å². The Labute approximate surface area is 78.9 Å². The smallest absolute Gasteiger partial charge is 0.257 e. The van der Waals surface area contributed by atoms with Gasteiger partial charge in [-0.3, -0.25) is 4.79 Å². The van der Waals surface area contributed by atoms with Crippen molar-refractivity contribution in [3.8, 4) is 0 Å². The molecule has 1 aliphatic rings. The SMILES string of the molecule is CC(NC(=O)C1(F)CC1)C(C)(C)C. The topological polar surface area (TPSA) is 29.1 Å². The second-order valence-corrected chi connectivity index (χ2v) is 5.03. The van der Waals surface area contributed by atoms with E-state index in [9.17, 15) is 9.18 Å². The van der Waals surface area contributed by atoms with Crippen molar-refractivity contribution in [3.63, 3.8) is 0 Å². The van der Waals surface area contributed by atoms with Gasteiger partial charge in [0, 0.05) is 6.04 Å². The maximum atomic E-state index is 13.2. The Morgan fingerprint density at radius 2 is 1.92 bits per heavy atom. The second-order valence-electron chi connectivity index (χ2n) is 5.03. The third-order valence-electron chi connectivity index (χ3n) is 2.74. The van der Waals surface area contributed by atoms with E-state index in [2.05, 4.69) is 5.32 Å². The van der Waals surface area contributed by atoms with E-state index in [1.807, 2.05) is 27.7 Å². The van der Waals surface area contributed by atoms with Gasteiger partial charge in [0.1, 0.15) is 0 Å². The molecule has 1 saturated carbocycles. The molecule has 1 aliphatic carbocycles. The quantitative estimate of drug-likeness (QED) is 0.704. The van der Waals surface area contributed by atoms with Gasteiger partial charge in [-0.15, -0.1) is 0 Å². The van der Waals surface area contributed by atoms with E-state index in [-0.39, 0.29) is 11.5 Å². The van der Waals surface area contributed by atoms with Gasteiger partial charge in [-0.25, -0.2) is 4.39 Å². The minimum absolute atomic E-state index is 0.00762. The van der Waals surface area contributed by atoms with E-state index in [1.165, 1.54) is 0 Å². The molecule has 2 nitrogen and oxygen atoms in total. The lowest BCUT2D eigenvalue weighted by Crippen LogP contribution is -2.45. The van der Waals surface area contributed by atoms with Gasteiger partial charge in [0.25, 0.3) is 5.91 Å². The summed E-state index contributed by atoms with van der Waals surface area (Å²) in [5.41, 5.74) is -1.56. The Hall–Kier alpha value is -0.600. The number of carbonyl (C=O) groups excluding carboxylic acids is 1. The highest BCUT2D eigenvalue weighted by atomic mass is 19.1. The molecule has 0 radical (unpaired) electrons. The van der Waals surface area contributed by atoms with Crippen LogP contribution in [0.1, 0.15) is 40.5 Å². The summed E-state index contributed by atoms with van der Waals surface area (Å²) < 4.78 is 13.2. The van der Waals surface area contributed by atoms with Crippen LogP contribution in [0.5, 0.6) is 0 Å². The largest absolute Gasteiger partial charge is 0.350 e. The third kappa shape index (κ3) is 2.42. The molecule has 0 bridgehead atoms. The van der Waals surface area contributed by atoms with Crippen LogP contribution in [0.2, 0.25) is 0 Å². The number of halogens is 1. The molecular weight excluding hydrogens is 169 g/mol. The van der Waals surface area contributed by atoms with E-state index < -0.39 is 11.6 Å². The number of amides is 1. The lowest BCUT2D eigenvalue weighted by Gasteiger charge is -2.28. The van der Waals surface area contributed by atoms with Crippen LogP contribution in [0.15, 0.2) is 0 Å². The molecule has 1 unspecified atom stereocenters. The summed E-state index contributed by atoms with van der Waals surface area (Å²) >= 11 is 0. The number of nitrogens with one attached hydrogen (secondary N) is 1. The Balaban J connectivity index is 2.45. The molecule has 13 heavy (non-hydrogen) atoms. The lowest BCUT2D eigenvalue weighted by molar-refractivity contribution is -0.128. The molecule has 1 fully saturated rings. The molecule has 1 N–H and O–H groups in total. The fourth-order valence-corrected chi connectivity index (χ4v) is 0.879. The van der Waals surface area contributed by atoms with Crippen LogP contribution in [0.25, 0.3) is 0 Å². The molecule has 3 heteroatoms. The molecule has 0 aromatic carbocycles. The van der Waals surface area contributed by atoms with Crippen LogP contribution in [-0.4, -0.2) is 17.6 Å². The van der Waals surface area contributed by atoms with Crippen molar-refractivity contribution in [3.05, 3.63) is 0 Å². The summed E-state index contributed by atoms with van der Waals surface area (Å²) in [7, 11) is 0. The van der Waals surface area contributed by atoms with Gasteiger partial charge in [0.05, 0.1) is 0 Å². The lowest BCUT2D eigenvalue weighted by atomic mass is 9.88. The third-order valence-corrected chi connectivity index (χ3v) is 2.74. The van der Waals surface area contributed by atoms with E-state index in [4.69, 9.17) is 0 Å². The Kier molecular flexibility index (Phi) is 2.39. The van der Waals surface area contributed by atoms with Crippen molar-refractivity contribution >= 4 is 5.91 Å². The zero-order valence-corrected chi connectivity index (χ0v) is 8.78. The predicted octanol–water partition coefficient (Wildman–Crippen LogP) is 2.04. The molecule has 1 amide bonds. The number of hydrogen-bond acceptors (Lipinski definition) is 1. The van der Waals surface area contributed by atoms with Gasteiger partial charge in [-0.1, -0.05) is 20.8 Å². The molecule has 0 saturated heterocycles. The Morgan fingerprint density at radius 3 is 2.23 bits per heavy atom. The molecule has 0 aromatic heterocycles. The monoisotopic (exact) mass is 187 g/mol. The van der Waals surface area contributed by atoms with Gasteiger partial charge < -0.3 is 5.32 Å². The highest BCUT2D eigenvalue weighted by Gasteiger charge is 2.51. The number of alkyl halides is 1. The van der Waals surface area contributed by atoms with Crippen LogP contribution in [0, 0.1) is 5.41 Å². The maximum absolute atomic E-state index is 13.2. The highest BCUT2D eigenvalue weighted by Crippen LogP contribution is 2.40. The average molecular weight is 187 g/mol. The standard InChI is InChI=1S/C10H18FNO/c1-7(9(2,3)4)12-8(13)10(11)5-6-10/h7H,5-6H2,1-4H3,(H,12,13). The molecule has 0 heterocycles. The first kappa shape index (κ1) is 10.5. The van der Waals surface area contributed by atoms with Gasteiger partial charge in [-0.05, 0) is 25.2 Å². The van der Waals surface area contributed by atoms with Crippen molar-refractivity contribution in [1.29, 1.82) is 0 Å². The maximum Gasteiger partial charge on any atom is 0.257 e. The second kappa shape index (κ2) is 2.96. The molecule has 0 aliphatic heterocycles. The molecule has 0 spiro atoms. The minimum Gasteiger partial charge on any atom is -0.350 e. The van der Waals surface area contributed by atoms with Crippen LogP contribution in [-0.2, 0) is 4.79 Å². The summed E-state index contributed by atoms with van der Waals surface area (Å²) in [5, 5.41) is 2.71. The Bertz CT molecular complexity index is 215. The first-order valence-corrected chi connectivity index (χ1v) is 4.75.